The molecule has 3 heterocycles. The van der Waals surface area contributed by atoms with Gasteiger partial charge in [0.1, 0.15) is 18.0 Å². The molecule has 3 aromatic rings. The molecule has 0 bridgehead atoms. The third-order valence-corrected chi connectivity index (χ3v) is 4.19. The van der Waals surface area contributed by atoms with Crippen LogP contribution in [0.4, 0.5) is 15.9 Å². The van der Waals surface area contributed by atoms with Crippen molar-refractivity contribution in [3.05, 3.63) is 48.2 Å². The van der Waals surface area contributed by atoms with Crippen molar-refractivity contribution in [2.24, 2.45) is 0 Å². The average molecular weight is 312 g/mol. The molecule has 0 radical (unpaired) electrons. The van der Waals surface area contributed by atoms with Crippen molar-refractivity contribution in [1.29, 1.82) is 0 Å². The Hall–Kier alpha value is -2.70. The first kappa shape index (κ1) is 13.9. The lowest BCUT2D eigenvalue weighted by atomic mass is 10.2. The van der Waals surface area contributed by atoms with Crippen molar-refractivity contribution in [1.82, 2.24) is 19.6 Å². The summed E-state index contributed by atoms with van der Waals surface area (Å²) in [5.41, 5.74) is 1.99. The second-order valence-corrected chi connectivity index (χ2v) is 5.71. The Labute approximate surface area is 133 Å². The van der Waals surface area contributed by atoms with Gasteiger partial charge in [0.2, 0.25) is 0 Å². The number of anilines is 2. The van der Waals surface area contributed by atoms with E-state index in [0.29, 0.717) is 5.78 Å². The monoisotopic (exact) mass is 312 g/mol. The van der Waals surface area contributed by atoms with Crippen LogP contribution in [0.2, 0.25) is 0 Å². The maximum absolute atomic E-state index is 13.0. The van der Waals surface area contributed by atoms with Crippen LogP contribution >= 0.6 is 0 Å². The Bertz CT molecular complexity index is 820. The summed E-state index contributed by atoms with van der Waals surface area (Å²) >= 11 is 0. The fraction of sp³-hybridized carbons (Fsp3) is 0.312. The zero-order valence-corrected chi connectivity index (χ0v) is 12.9. The van der Waals surface area contributed by atoms with Crippen molar-refractivity contribution in [3.8, 4) is 0 Å². The number of aryl methyl sites for hydroxylation is 1. The Kier molecular flexibility index (Phi) is 3.33. The van der Waals surface area contributed by atoms with Gasteiger partial charge in [0.15, 0.2) is 0 Å². The molecule has 6 nitrogen and oxygen atoms in total. The minimum atomic E-state index is -0.199. The smallest absolute Gasteiger partial charge is 0.256 e. The van der Waals surface area contributed by atoms with Gasteiger partial charge in [0.25, 0.3) is 5.78 Å². The second kappa shape index (κ2) is 5.49. The number of halogens is 1. The van der Waals surface area contributed by atoms with E-state index in [1.165, 1.54) is 12.1 Å². The number of piperazine rings is 1. The molecule has 0 spiro atoms. The maximum Gasteiger partial charge on any atom is 0.256 e. The SMILES string of the molecule is Cc1cc(N2CCN(c3ccc(F)cc3)CC2)n2cnnc2n1. The number of rotatable bonds is 2. The summed E-state index contributed by atoms with van der Waals surface area (Å²) < 4.78 is 15.0. The van der Waals surface area contributed by atoms with Gasteiger partial charge in [0, 0.05) is 43.6 Å². The van der Waals surface area contributed by atoms with Crippen molar-refractivity contribution >= 4 is 17.3 Å². The number of fused-ring (bicyclic) bond motifs is 1. The molecule has 7 heteroatoms. The van der Waals surface area contributed by atoms with Crippen molar-refractivity contribution in [2.75, 3.05) is 36.0 Å². The zero-order chi connectivity index (χ0) is 15.8. The topological polar surface area (TPSA) is 49.6 Å². The maximum atomic E-state index is 13.0. The first-order valence-electron chi connectivity index (χ1n) is 7.63. The number of nitrogens with zero attached hydrogens (tertiary/aromatic N) is 6. The van der Waals surface area contributed by atoms with Crippen LogP contribution in [0.25, 0.3) is 5.78 Å². The predicted molar refractivity (Wildman–Crippen MR) is 86.3 cm³/mol. The quantitative estimate of drug-likeness (QED) is 0.723. The summed E-state index contributed by atoms with van der Waals surface area (Å²) in [6.07, 6.45) is 1.70. The third-order valence-electron chi connectivity index (χ3n) is 4.19. The normalized spacial score (nSPS) is 15.4. The minimum absolute atomic E-state index is 0.199. The molecule has 1 saturated heterocycles. The minimum Gasteiger partial charge on any atom is -0.368 e. The van der Waals surface area contributed by atoms with Gasteiger partial charge in [-0.3, -0.25) is 4.40 Å². The van der Waals surface area contributed by atoms with E-state index in [1.807, 2.05) is 23.5 Å². The zero-order valence-electron chi connectivity index (χ0n) is 12.9. The van der Waals surface area contributed by atoms with Gasteiger partial charge in [-0.25, -0.2) is 9.37 Å². The molecule has 0 N–H and O–H groups in total. The van der Waals surface area contributed by atoms with Crippen LogP contribution in [-0.4, -0.2) is 45.8 Å². The fourth-order valence-corrected chi connectivity index (χ4v) is 3.00. The molecule has 0 unspecified atom stereocenters. The summed E-state index contributed by atoms with van der Waals surface area (Å²) in [6.45, 7) is 5.50. The number of benzene rings is 1. The molecule has 0 saturated carbocycles. The molecule has 1 aliphatic heterocycles. The average Bonchev–Trinajstić information content (AvgIpc) is 3.03. The first-order chi connectivity index (χ1) is 11.2. The van der Waals surface area contributed by atoms with Gasteiger partial charge >= 0.3 is 0 Å². The molecule has 0 amide bonds. The van der Waals surface area contributed by atoms with Crippen LogP contribution in [0.1, 0.15) is 5.69 Å². The first-order valence-corrected chi connectivity index (χ1v) is 7.63. The van der Waals surface area contributed by atoms with Gasteiger partial charge in [-0.05, 0) is 31.2 Å². The molecule has 1 aromatic carbocycles. The van der Waals surface area contributed by atoms with E-state index in [2.05, 4.69) is 31.0 Å². The summed E-state index contributed by atoms with van der Waals surface area (Å²) in [5, 5.41) is 7.98. The fourth-order valence-electron chi connectivity index (χ4n) is 3.00. The molecule has 23 heavy (non-hydrogen) atoms. The van der Waals surface area contributed by atoms with Gasteiger partial charge in [0.05, 0.1) is 0 Å². The van der Waals surface area contributed by atoms with Gasteiger partial charge in [-0.2, -0.15) is 0 Å². The third kappa shape index (κ3) is 2.58. The van der Waals surface area contributed by atoms with Crippen molar-refractivity contribution < 1.29 is 4.39 Å². The standard InChI is InChI=1S/C16H17FN6/c1-12-10-15(23-11-18-20-16(23)19-12)22-8-6-21(7-9-22)14-4-2-13(17)3-5-14/h2-5,10-11H,6-9H2,1H3. The molecule has 0 atom stereocenters. The lowest BCUT2D eigenvalue weighted by Crippen LogP contribution is -2.47. The van der Waals surface area contributed by atoms with Crippen LogP contribution in [0.3, 0.4) is 0 Å². The van der Waals surface area contributed by atoms with E-state index in [0.717, 1.165) is 43.4 Å². The molecule has 1 fully saturated rings. The van der Waals surface area contributed by atoms with E-state index in [4.69, 9.17) is 0 Å². The van der Waals surface area contributed by atoms with Crippen molar-refractivity contribution in [2.45, 2.75) is 6.92 Å². The van der Waals surface area contributed by atoms with E-state index < -0.39 is 0 Å². The molecular weight excluding hydrogens is 295 g/mol. The molecule has 2 aromatic heterocycles. The van der Waals surface area contributed by atoms with Gasteiger partial charge in [-0.15, -0.1) is 10.2 Å². The van der Waals surface area contributed by atoms with Crippen LogP contribution in [-0.2, 0) is 0 Å². The van der Waals surface area contributed by atoms with Gasteiger partial charge in [-0.1, -0.05) is 0 Å². The van der Waals surface area contributed by atoms with E-state index >= 15 is 0 Å². The van der Waals surface area contributed by atoms with E-state index in [9.17, 15) is 4.39 Å². The lowest BCUT2D eigenvalue weighted by Gasteiger charge is -2.37. The molecular formula is C16H17FN6. The molecule has 4 rings (SSSR count). The highest BCUT2D eigenvalue weighted by atomic mass is 19.1. The summed E-state index contributed by atoms with van der Waals surface area (Å²) in [6, 6.07) is 8.74. The number of aromatic nitrogens is 4. The van der Waals surface area contributed by atoms with Crippen molar-refractivity contribution in [3.63, 3.8) is 0 Å². The molecule has 118 valence electrons. The van der Waals surface area contributed by atoms with Crippen LogP contribution in [0.5, 0.6) is 0 Å². The van der Waals surface area contributed by atoms with Crippen LogP contribution < -0.4 is 9.80 Å². The highest BCUT2D eigenvalue weighted by molar-refractivity contribution is 5.52. The molecule has 0 aliphatic carbocycles. The Balaban J connectivity index is 1.55. The highest BCUT2D eigenvalue weighted by Crippen LogP contribution is 2.21. The molecule has 1 aliphatic rings. The van der Waals surface area contributed by atoms with Crippen LogP contribution in [0.15, 0.2) is 36.7 Å². The summed E-state index contributed by atoms with van der Waals surface area (Å²) in [4.78, 5) is 8.96. The van der Waals surface area contributed by atoms with E-state index in [1.54, 1.807) is 6.33 Å². The lowest BCUT2D eigenvalue weighted by molar-refractivity contribution is 0.623. The van der Waals surface area contributed by atoms with E-state index in [-0.39, 0.29) is 5.82 Å². The summed E-state index contributed by atoms with van der Waals surface area (Å²) in [5.74, 6) is 1.49. The Morgan fingerprint density at radius 1 is 1.00 bits per heavy atom. The predicted octanol–water partition coefficient (Wildman–Crippen LogP) is 1.90. The number of hydrogen-bond donors (Lipinski definition) is 0. The highest BCUT2D eigenvalue weighted by Gasteiger charge is 2.20. The van der Waals surface area contributed by atoms with Crippen LogP contribution in [0, 0.1) is 12.7 Å². The Morgan fingerprint density at radius 2 is 1.70 bits per heavy atom. The largest absolute Gasteiger partial charge is 0.368 e. The summed E-state index contributed by atoms with van der Waals surface area (Å²) in [7, 11) is 0. The number of hydrogen-bond acceptors (Lipinski definition) is 5. The second-order valence-electron chi connectivity index (χ2n) is 5.71. The van der Waals surface area contributed by atoms with Gasteiger partial charge < -0.3 is 9.80 Å². The Morgan fingerprint density at radius 3 is 2.43 bits per heavy atom.